The van der Waals surface area contributed by atoms with Gasteiger partial charge in [-0.3, -0.25) is 0 Å². The molecular formula is C8H7F4O4P. The predicted molar refractivity (Wildman–Crippen MR) is 48.9 cm³/mol. The van der Waals surface area contributed by atoms with Gasteiger partial charge in [0.05, 0.1) is 0 Å². The maximum Gasteiger partial charge on any atom is 0.539 e. The number of phosphoric acid groups is 1. The van der Waals surface area contributed by atoms with Gasteiger partial charge in [-0.25, -0.2) is 13.6 Å². The minimum absolute atomic E-state index is 0.197. The lowest BCUT2D eigenvalue weighted by atomic mass is 10.3. The molecule has 0 heterocycles. The van der Waals surface area contributed by atoms with Gasteiger partial charge in [-0.1, -0.05) is 18.2 Å². The molecule has 0 aromatic heterocycles. The standard InChI is InChI=1S/C8H7F4O4P/c9-7(10)15-17(13,16-8(11)12)14-6-4-2-1-3-5-6/h1-5,7-8H. The Labute approximate surface area is 93.7 Å². The molecule has 0 N–H and O–H groups in total. The van der Waals surface area contributed by atoms with Gasteiger partial charge in [0.15, 0.2) is 0 Å². The third kappa shape index (κ3) is 5.16. The molecule has 9 heteroatoms. The van der Waals surface area contributed by atoms with Crippen LogP contribution in [-0.2, 0) is 13.6 Å². The van der Waals surface area contributed by atoms with Gasteiger partial charge in [-0.2, -0.15) is 17.6 Å². The van der Waals surface area contributed by atoms with Crippen LogP contribution in [0.3, 0.4) is 0 Å². The van der Waals surface area contributed by atoms with E-state index in [1.165, 1.54) is 24.3 Å². The Balaban J connectivity index is 2.80. The molecule has 0 aliphatic carbocycles. The Bertz CT molecular complexity index is 372. The van der Waals surface area contributed by atoms with Gasteiger partial charge in [0, 0.05) is 0 Å². The van der Waals surface area contributed by atoms with Gasteiger partial charge >= 0.3 is 21.0 Å². The summed E-state index contributed by atoms with van der Waals surface area (Å²) in [6.45, 7) is -7.13. The number of halogens is 4. The van der Waals surface area contributed by atoms with Crippen molar-refractivity contribution in [1.82, 2.24) is 0 Å². The summed E-state index contributed by atoms with van der Waals surface area (Å²) in [5, 5.41) is 0. The average molecular weight is 274 g/mol. The molecular weight excluding hydrogens is 267 g/mol. The highest BCUT2D eigenvalue weighted by molar-refractivity contribution is 7.48. The minimum Gasteiger partial charge on any atom is -0.404 e. The first kappa shape index (κ1) is 14.0. The molecule has 1 aromatic carbocycles. The molecule has 96 valence electrons. The average Bonchev–Trinajstić information content (AvgIpc) is 2.15. The molecule has 0 bridgehead atoms. The minimum atomic E-state index is -5.05. The molecule has 0 amide bonds. The van der Waals surface area contributed by atoms with Crippen molar-refractivity contribution in [3.05, 3.63) is 30.3 Å². The summed E-state index contributed by atoms with van der Waals surface area (Å²) in [5.41, 5.74) is 0. The second-order valence-corrected chi connectivity index (χ2v) is 4.08. The summed E-state index contributed by atoms with van der Waals surface area (Å²) < 4.78 is 70.2. The Hall–Kier alpha value is -1.11. The fourth-order valence-corrected chi connectivity index (χ4v) is 1.78. The van der Waals surface area contributed by atoms with Crippen molar-refractivity contribution in [2.24, 2.45) is 0 Å². The van der Waals surface area contributed by atoms with E-state index in [1.807, 2.05) is 0 Å². The lowest BCUT2D eigenvalue weighted by Crippen LogP contribution is -2.09. The van der Waals surface area contributed by atoms with Crippen molar-refractivity contribution in [1.29, 1.82) is 0 Å². The van der Waals surface area contributed by atoms with E-state index in [4.69, 9.17) is 0 Å². The number of rotatable bonds is 6. The summed E-state index contributed by atoms with van der Waals surface area (Å²) in [6.07, 6.45) is 0. The topological polar surface area (TPSA) is 44.8 Å². The first-order valence-corrected chi connectivity index (χ1v) is 5.65. The molecule has 0 unspecified atom stereocenters. The zero-order valence-electron chi connectivity index (χ0n) is 8.13. The summed E-state index contributed by atoms with van der Waals surface area (Å²) in [6, 6.07) is 6.83. The summed E-state index contributed by atoms with van der Waals surface area (Å²) in [4.78, 5) is 0. The van der Waals surface area contributed by atoms with E-state index in [-0.39, 0.29) is 5.75 Å². The quantitative estimate of drug-likeness (QED) is 0.586. The monoisotopic (exact) mass is 274 g/mol. The Kier molecular flexibility index (Phi) is 4.92. The number of hydrogen-bond donors (Lipinski definition) is 0. The number of alkyl halides is 4. The first-order chi connectivity index (χ1) is 7.91. The SMILES string of the molecule is O=P(Oc1ccccc1)(OC(F)F)OC(F)F. The van der Waals surface area contributed by atoms with Crippen LogP contribution in [0.4, 0.5) is 17.6 Å². The maximum atomic E-state index is 11.9. The van der Waals surface area contributed by atoms with Crippen LogP contribution in [-0.4, -0.2) is 13.2 Å². The molecule has 17 heavy (non-hydrogen) atoms. The molecule has 0 aliphatic rings. The van der Waals surface area contributed by atoms with Gasteiger partial charge in [0.25, 0.3) is 0 Å². The van der Waals surface area contributed by atoms with Crippen LogP contribution in [0, 0.1) is 0 Å². The van der Waals surface area contributed by atoms with Crippen LogP contribution in [0.25, 0.3) is 0 Å². The van der Waals surface area contributed by atoms with Crippen molar-refractivity contribution in [3.8, 4) is 5.75 Å². The van der Waals surface area contributed by atoms with E-state index in [0.717, 1.165) is 0 Å². The third-order valence-corrected chi connectivity index (χ3v) is 2.65. The van der Waals surface area contributed by atoms with Crippen molar-refractivity contribution >= 4 is 7.82 Å². The first-order valence-electron chi connectivity index (χ1n) is 4.19. The Morgan fingerprint density at radius 2 is 1.41 bits per heavy atom. The van der Waals surface area contributed by atoms with Crippen LogP contribution >= 0.6 is 7.82 Å². The molecule has 1 rings (SSSR count). The lowest BCUT2D eigenvalue weighted by Gasteiger charge is -2.17. The smallest absolute Gasteiger partial charge is 0.404 e. The van der Waals surface area contributed by atoms with Crippen molar-refractivity contribution in [2.75, 3.05) is 0 Å². The second-order valence-electron chi connectivity index (χ2n) is 2.58. The van der Waals surface area contributed by atoms with Crippen LogP contribution < -0.4 is 4.52 Å². The highest BCUT2D eigenvalue weighted by atomic mass is 31.2. The van der Waals surface area contributed by atoms with E-state index in [0.29, 0.717) is 0 Å². The number of hydrogen-bond acceptors (Lipinski definition) is 4. The van der Waals surface area contributed by atoms with Gasteiger partial charge in [-0.05, 0) is 12.1 Å². The van der Waals surface area contributed by atoms with Gasteiger partial charge in [0.2, 0.25) is 0 Å². The molecule has 0 fully saturated rings. The molecule has 0 atom stereocenters. The summed E-state index contributed by atoms with van der Waals surface area (Å²) in [7, 11) is -5.05. The largest absolute Gasteiger partial charge is 0.539 e. The second kappa shape index (κ2) is 6.00. The molecule has 0 radical (unpaired) electrons. The summed E-state index contributed by atoms with van der Waals surface area (Å²) >= 11 is 0. The number of para-hydroxylation sites is 1. The number of phosphoric ester groups is 1. The zero-order valence-corrected chi connectivity index (χ0v) is 9.03. The van der Waals surface area contributed by atoms with E-state index in [2.05, 4.69) is 13.6 Å². The Morgan fingerprint density at radius 1 is 0.941 bits per heavy atom. The van der Waals surface area contributed by atoms with Crippen LogP contribution in [0.1, 0.15) is 0 Å². The molecule has 0 saturated heterocycles. The maximum absolute atomic E-state index is 11.9. The van der Waals surface area contributed by atoms with Crippen molar-refractivity contribution < 1.29 is 35.7 Å². The van der Waals surface area contributed by atoms with E-state index in [1.54, 1.807) is 6.07 Å². The summed E-state index contributed by atoms with van der Waals surface area (Å²) in [5.74, 6) is -0.197. The lowest BCUT2D eigenvalue weighted by molar-refractivity contribution is -0.110. The van der Waals surface area contributed by atoms with Crippen molar-refractivity contribution in [3.63, 3.8) is 0 Å². The molecule has 1 aromatic rings. The Morgan fingerprint density at radius 3 is 1.82 bits per heavy atom. The number of benzene rings is 1. The zero-order chi connectivity index (χ0) is 12.9. The van der Waals surface area contributed by atoms with Gasteiger partial charge in [0.1, 0.15) is 5.75 Å². The molecule has 0 aliphatic heterocycles. The van der Waals surface area contributed by atoms with Gasteiger partial charge in [-0.15, -0.1) is 0 Å². The highest BCUT2D eigenvalue weighted by Gasteiger charge is 2.36. The fraction of sp³-hybridized carbons (Fsp3) is 0.250. The van der Waals surface area contributed by atoms with E-state index in [9.17, 15) is 22.1 Å². The van der Waals surface area contributed by atoms with E-state index >= 15 is 0 Å². The fourth-order valence-electron chi connectivity index (χ4n) is 0.874. The van der Waals surface area contributed by atoms with Crippen LogP contribution in [0.15, 0.2) is 30.3 Å². The van der Waals surface area contributed by atoms with Crippen molar-refractivity contribution in [2.45, 2.75) is 13.2 Å². The van der Waals surface area contributed by atoms with Crippen LogP contribution in [0.2, 0.25) is 0 Å². The molecule has 0 spiro atoms. The highest BCUT2D eigenvalue weighted by Crippen LogP contribution is 2.52. The molecule has 4 nitrogen and oxygen atoms in total. The van der Waals surface area contributed by atoms with Crippen LogP contribution in [0.5, 0.6) is 5.75 Å². The van der Waals surface area contributed by atoms with E-state index < -0.39 is 21.0 Å². The normalized spacial score (nSPS) is 12.1. The molecule has 0 saturated carbocycles. The third-order valence-electron chi connectivity index (χ3n) is 1.38. The predicted octanol–water partition coefficient (Wildman–Crippen LogP) is 3.65. The van der Waals surface area contributed by atoms with Gasteiger partial charge < -0.3 is 4.52 Å².